The zero-order valence-corrected chi connectivity index (χ0v) is 8.88. The lowest BCUT2D eigenvalue weighted by Crippen LogP contribution is -2.27. The lowest BCUT2D eigenvalue weighted by molar-refractivity contribution is -0.137. The van der Waals surface area contributed by atoms with Gasteiger partial charge in [0, 0.05) is 0 Å². The summed E-state index contributed by atoms with van der Waals surface area (Å²) in [4.78, 5) is 0. The first kappa shape index (κ1) is 11.5. The number of aryl methyl sites for hydroxylation is 1. The van der Waals surface area contributed by atoms with Gasteiger partial charge in [-0.25, -0.2) is 0 Å². The van der Waals surface area contributed by atoms with Crippen molar-refractivity contribution >= 4 is 0 Å². The van der Waals surface area contributed by atoms with Crippen LogP contribution in [0.2, 0.25) is 0 Å². The summed E-state index contributed by atoms with van der Waals surface area (Å²) in [6.07, 6.45) is -3.24. The van der Waals surface area contributed by atoms with E-state index in [1.165, 1.54) is 12.1 Å². The van der Waals surface area contributed by atoms with E-state index < -0.39 is 11.7 Å². The van der Waals surface area contributed by atoms with E-state index in [9.17, 15) is 18.3 Å². The van der Waals surface area contributed by atoms with E-state index in [-0.39, 0.29) is 12.0 Å². The van der Waals surface area contributed by atoms with Gasteiger partial charge in [0.25, 0.3) is 0 Å². The molecule has 0 amide bonds. The summed E-state index contributed by atoms with van der Waals surface area (Å²) in [5.41, 5.74) is 0.985. The Balaban J connectivity index is 2.24. The van der Waals surface area contributed by atoms with Gasteiger partial charge in [-0.15, -0.1) is 0 Å². The van der Waals surface area contributed by atoms with Crippen molar-refractivity contribution in [2.24, 2.45) is 0 Å². The van der Waals surface area contributed by atoms with Crippen LogP contribution in [0.25, 0.3) is 0 Å². The van der Waals surface area contributed by atoms with Crippen LogP contribution in [0.15, 0.2) is 18.2 Å². The number of hydrogen-bond acceptors (Lipinski definition) is 1. The Bertz CT molecular complexity index is 392. The van der Waals surface area contributed by atoms with Crippen LogP contribution >= 0.6 is 0 Å². The van der Waals surface area contributed by atoms with Gasteiger partial charge in [-0.1, -0.05) is 6.07 Å². The predicted octanol–water partition coefficient (Wildman–Crippen LogP) is 3.25. The fourth-order valence-electron chi connectivity index (χ4n) is 2.15. The normalized spacial score (nSPS) is 25.3. The number of aliphatic hydroxyl groups is 1. The summed E-state index contributed by atoms with van der Waals surface area (Å²) in [7, 11) is 0. The molecule has 0 aromatic heterocycles. The van der Waals surface area contributed by atoms with E-state index >= 15 is 0 Å². The van der Waals surface area contributed by atoms with Gasteiger partial charge in [-0.3, -0.25) is 0 Å². The van der Waals surface area contributed by atoms with Gasteiger partial charge in [0.15, 0.2) is 0 Å². The highest BCUT2D eigenvalue weighted by Gasteiger charge is 2.33. The quantitative estimate of drug-likeness (QED) is 0.785. The fourth-order valence-corrected chi connectivity index (χ4v) is 2.15. The SMILES string of the molecule is Cc1cc(C(F)(F)F)ccc1C1CC(O)C1. The average molecular weight is 230 g/mol. The molecule has 0 aliphatic heterocycles. The molecule has 0 atom stereocenters. The second kappa shape index (κ2) is 3.77. The molecule has 88 valence electrons. The molecule has 0 heterocycles. The fraction of sp³-hybridized carbons (Fsp3) is 0.500. The van der Waals surface area contributed by atoms with Crippen molar-refractivity contribution in [1.29, 1.82) is 0 Å². The maximum atomic E-state index is 12.4. The first-order chi connectivity index (χ1) is 7.38. The van der Waals surface area contributed by atoms with Gasteiger partial charge >= 0.3 is 6.18 Å². The standard InChI is InChI=1S/C12H13F3O/c1-7-4-9(12(13,14)15)2-3-11(7)8-5-10(16)6-8/h2-4,8,10,16H,5-6H2,1H3. The zero-order chi connectivity index (χ0) is 11.9. The van der Waals surface area contributed by atoms with Crippen molar-refractivity contribution in [2.75, 3.05) is 0 Å². The van der Waals surface area contributed by atoms with E-state index in [1.54, 1.807) is 6.92 Å². The third kappa shape index (κ3) is 2.07. The number of hydrogen-bond donors (Lipinski definition) is 1. The molecule has 0 spiro atoms. The van der Waals surface area contributed by atoms with E-state index in [0.29, 0.717) is 18.4 Å². The molecule has 16 heavy (non-hydrogen) atoms. The average Bonchev–Trinajstić information content (AvgIpc) is 2.12. The molecule has 1 saturated carbocycles. The maximum Gasteiger partial charge on any atom is 0.416 e. The van der Waals surface area contributed by atoms with Crippen LogP contribution < -0.4 is 0 Å². The monoisotopic (exact) mass is 230 g/mol. The van der Waals surface area contributed by atoms with E-state index in [1.807, 2.05) is 0 Å². The minimum absolute atomic E-state index is 0.220. The second-order valence-corrected chi connectivity index (χ2v) is 4.39. The van der Waals surface area contributed by atoms with E-state index in [4.69, 9.17) is 0 Å². The van der Waals surface area contributed by atoms with Crippen LogP contribution in [0.3, 0.4) is 0 Å². The Morgan fingerprint density at radius 1 is 1.25 bits per heavy atom. The van der Waals surface area contributed by atoms with Crippen molar-refractivity contribution in [1.82, 2.24) is 0 Å². The molecule has 4 heteroatoms. The number of halogens is 3. The van der Waals surface area contributed by atoms with E-state index in [0.717, 1.165) is 11.6 Å². The summed E-state index contributed by atoms with van der Waals surface area (Å²) < 4.78 is 37.3. The largest absolute Gasteiger partial charge is 0.416 e. The van der Waals surface area contributed by atoms with Gasteiger partial charge in [0.1, 0.15) is 0 Å². The summed E-state index contributed by atoms with van der Waals surface area (Å²) in [5.74, 6) is 0.220. The van der Waals surface area contributed by atoms with Crippen LogP contribution in [0.4, 0.5) is 13.2 Å². The summed E-state index contributed by atoms with van der Waals surface area (Å²) in [6.45, 7) is 1.69. The topological polar surface area (TPSA) is 20.2 Å². The van der Waals surface area contributed by atoms with Crippen LogP contribution in [-0.4, -0.2) is 11.2 Å². The summed E-state index contributed by atoms with van der Waals surface area (Å²) in [5, 5.41) is 9.17. The molecule has 1 N–H and O–H groups in total. The molecule has 0 radical (unpaired) electrons. The second-order valence-electron chi connectivity index (χ2n) is 4.39. The zero-order valence-electron chi connectivity index (χ0n) is 8.88. The Morgan fingerprint density at radius 3 is 2.31 bits per heavy atom. The first-order valence-electron chi connectivity index (χ1n) is 5.23. The lowest BCUT2D eigenvalue weighted by atomic mass is 9.76. The third-order valence-corrected chi connectivity index (χ3v) is 3.15. The molecule has 0 bridgehead atoms. The van der Waals surface area contributed by atoms with E-state index in [2.05, 4.69) is 0 Å². The van der Waals surface area contributed by atoms with Crippen LogP contribution in [0.5, 0.6) is 0 Å². The lowest BCUT2D eigenvalue weighted by Gasteiger charge is -2.33. The molecular formula is C12H13F3O. The number of benzene rings is 1. The molecule has 1 aromatic carbocycles. The van der Waals surface area contributed by atoms with Gasteiger partial charge < -0.3 is 5.11 Å². The molecular weight excluding hydrogens is 217 g/mol. The predicted molar refractivity (Wildman–Crippen MR) is 54.2 cm³/mol. The van der Waals surface area contributed by atoms with Crippen molar-refractivity contribution in [3.05, 3.63) is 34.9 Å². The number of rotatable bonds is 1. The molecule has 0 saturated heterocycles. The highest BCUT2D eigenvalue weighted by atomic mass is 19.4. The summed E-state index contributed by atoms with van der Waals surface area (Å²) in [6, 6.07) is 3.84. The Kier molecular flexibility index (Phi) is 2.70. The van der Waals surface area contributed by atoms with Crippen molar-refractivity contribution < 1.29 is 18.3 Å². The van der Waals surface area contributed by atoms with Gasteiger partial charge in [0.2, 0.25) is 0 Å². The van der Waals surface area contributed by atoms with Crippen molar-refractivity contribution in [2.45, 2.75) is 38.0 Å². The highest BCUT2D eigenvalue weighted by molar-refractivity contribution is 5.36. The smallest absolute Gasteiger partial charge is 0.393 e. The minimum atomic E-state index is -4.28. The molecule has 1 aromatic rings. The van der Waals surface area contributed by atoms with Crippen LogP contribution in [0.1, 0.15) is 35.4 Å². The molecule has 1 aliphatic rings. The Labute approximate surface area is 91.9 Å². The highest BCUT2D eigenvalue weighted by Crippen LogP contribution is 2.39. The van der Waals surface area contributed by atoms with Crippen molar-refractivity contribution in [3.63, 3.8) is 0 Å². The van der Waals surface area contributed by atoms with Gasteiger partial charge in [0.05, 0.1) is 11.7 Å². The number of alkyl halides is 3. The molecule has 1 fully saturated rings. The maximum absolute atomic E-state index is 12.4. The Hall–Kier alpha value is -1.03. The van der Waals surface area contributed by atoms with Crippen molar-refractivity contribution in [3.8, 4) is 0 Å². The Morgan fingerprint density at radius 2 is 1.88 bits per heavy atom. The van der Waals surface area contributed by atoms with Crippen LogP contribution in [-0.2, 0) is 6.18 Å². The van der Waals surface area contributed by atoms with Gasteiger partial charge in [-0.2, -0.15) is 13.2 Å². The minimum Gasteiger partial charge on any atom is -0.393 e. The number of aliphatic hydroxyl groups excluding tert-OH is 1. The third-order valence-electron chi connectivity index (χ3n) is 3.15. The summed E-state index contributed by atoms with van der Waals surface area (Å²) >= 11 is 0. The first-order valence-corrected chi connectivity index (χ1v) is 5.23. The molecule has 0 unspecified atom stereocenters. The molecule has 1 aliphatic carbocycles. The van der Waals surface area contributed by atoms with Crippen LogP contribution in [0, 0.1) is 6.92 Å². The molecule has 2 rings (SSSR count). The van der Waals surface area contributed by atoms with Gasteiger partial charge in [-0.05, 0) is 48.9 Å². The molecule has 1 nitrogen and oxygen atoms in total.